The number of esters is 1. The highest BCUT2D eigenvalue weighted by atomic mass is 35.5. The Hall–Kier alpha value is -2.15. The minimum Gasteiger partial charge on any atom is -0.463 e. The van der Waals surface area contributed by atoms with E-state index in [1.807, 2.05) is 20.8 Å². The Labute approximate surface area is 189 Å². The van der Waals surface area contributed by atoms with Crippen LogP contribution in [0.15, 0.2) is 65.1 Å². The van der Waals surface area contributed by atoms with E-state index in [9.17, 15) is 13.2 Å². The number of hydrogen-bond donors (Lipinski definition) is 0. The SMILES string of the molecule is CCOC(=O)C1=C[C@@H](C(C)(C)C)N(S(=O)(=O)c2ccccc2C)[C@H]1c1ccc(Cl)cc1. The highest BCUT2D eigenvalue weighted by Gasteiger charge is 2.50. The molecule has 2 aromatic carbocycles. The lowest BCUT2D eigenvalue weighted by Gasteiger charge is -2.37. The number of benzene rings is 2. The Morgan fingerprint density at radius 1 is 1.10 bits per heavy atom. The first kappa shape index (κ1) is 23.5. The van der Waals surface area contributed by atoms with Crippen molar-refractivity contribution in [2.45, 2.75) is 51.6 Å². The third-order valence-corrected chi connectivity index (χ3v) is 7.65. The lowest BCUT2D eigenvalue weighted by atomic mass is 9.87. The molecule has 0 saturated carbocycles. The normalized spacial score (nSPS) is 19.9. The van der Waals surface area contributed by atoms with Crippen LogP contribution >= 0.6 is 11.6 Å². The van der Waals surface area contributed by atoms with Crippen LogP contribution in [0.25, 0.3) is 0 Å². The number of carbonyl (C=O) groups is 1. The van der Waals surface area contributed by atoms with Crippen molar-refractivity contribution in [2.24, 2.45) is 5.41 Å². The number of halogens is 1. The molecule has 166 valence electrons. The fraction of sp³-hybridized carbons (Fsp3) is 0.375. The number of rotatable bonds is 5. The molecule has 0 aromatic heterocycles. The number of aryl methyl sites for hydroxylation is 1. The zero-order valence-corrected chi connectivity index (χ0v) is 20.0. The van der Waals surface area contributed by atoms with Crippen molar-refractivity contribution in [1.82, 2.24) is 4.31 Å². The van der Waals surface area contributed by atoms with Crippen molar-refractivity contribution < 1.29 is 17.9 Å². The molecule has 3 rings (SSSR count). The van der Waals surface area contributed by atoms with Gasteiger partial charge in [0.2, 0.25) is 10.0 Å². The molecule has 2 aromatic rings. The summed E-state index contributed by atoms with van der Waals surface area (Å²) in [4.78, 5) is 13.1. The summed E-state index contributed by atoms with van der Waals surface area (Å²) in [6, 6.07) is 12.4. The third kappa shape index (κ3) is 4.56. The fourth-order valence-corrected chi connectivity index (χ4v) is 6.14. The molecular weight excluding hydrogens is 434 g/mol. The van der Waals surface area contributed by atoms with E-state index in [2.05, 4.69) is 0 Å². The van der Waals surface area contributed by atoms with Crippen molar-refractivity contribution in [1.29, 1.82) is 0 Å². The van der Waals surface area contributed by atoms with Gasteiger partial charge in [-0.05, 0) is 48.6 Å². The van der Waals surface area contributed by atoms with Crippen LogP contribution < -0.4 is 0 Å². The van der Waals surface area contributed by atoms with Gasteiger partial charge in [0, 0.05) is 11.1 Å². The molecule has 0 unspecified atom stereocenters. The van der Waals surface area contributed by atoms with Gasteiger partial charge < -0.3 is 4.74 Å². The minimum atomic E-state index is -3.95. The highest BCUT2D eigenvalue weighted by molar-refractivity contribution is 7.89. The standard InChI is InChI=1S/C24H28ClNO4S/c1-6-30-23(27)19-15-21(24(3,4)5)26(22(19)17-11-13-18(25)14-12-17)31(28,29)20-10-8-7-9-16(20)2/h7-15,21-22H,6H2,1-5H3/t21-,22-/m0/s1. The Morgan fingerprint density at radius 2 is 1.71 bits per heavy atom. The third-order valence-electron chi connectivity index (χ3n) is 5.39. The predicted octanol–water partition coefficient (Wildman–Crippen LogP) is 5.30. The van der Waals surface area contributed by atoms with Crippen LogP contribution in [0.4, 0.5) is 0 Å². The number of hydrogen-bond acceptors (Lipinski definition) is 4. The smallest absolute Gasteiger partial charge is 0.335 e. The quantitative estimate of drug-likeness (QED) is 0.567. The summed E-state index contributed by atoms with van der Waals surface area (Å²) in [7, 11) is -3.95. The molecule has 0 N–H and O–H groups in total. The maximum Gasteiger partial charge on any atom is 0.335 e. The molecule has 0 radical (unpaired) electrons. The van der Waals surface area contributed by atoms with Gasteiger partial charge in [-0.1, -0.05) is 68.8 Å². The van der Waals surface area contributed by atoms with E-state index in [-0.39, 0.29) is 11.5 Å². The molecule has 1 aliphatic heterocycles. The Morgan fingerprint density at radius 3 is 2.26 bits per heavy atom. The second kappa shape index (κ2) is 8.77. The van der Waals surface area contributed by atoms with Crippen molar-refractivity contribution in [3.8, 4) is 0 Å². The molecule has 0 bridgehead atoms. The molecule has 0 fully saturated rings. The van der Waals surface area contributed by atoms with Gasteiger partial charge in [-0.25, -0.2) is 13.2 Å². The van der Waals surface area contributed by atoms with Gasteiger partial charge in [-0.15, -0.1) is 0 Å². The van der Waals surface area contributed by atoms with Gasteiger partial charge in [0.05, 0.1) is 23.1 Å². The van der Waals surface area contributed by atoms with Crippen LogP contribution in [0.1, 0.15) is 44.9 Å². The molecule has 31 heavy (non-hydrogen) atoms. The summed E-state index contributed by atoms with van der Waals surface area (Å²) < 4.78 is 34.8. The van der Waals surface area contributed by atoms with Crippen LogP contribution in [0.5, 0.6) is 0 Å². The van der Waals surface area contributed by atoms with Gasteiger partial charge in [0.25, 0.3) is 0 Å². The van der Waals surface area contributed by atoms with E-state index < -0.39 is 33.5 Å². The molecule has 0 saturated heterocycles. The fourth-order valence-electron chi connectivity index (χ4n) is 3.88. The molecule has 0 spiro atoms. The van der Waals surface area contributed by atoms with Gasteiger partial charge in [-0.3, -0.25) is 0 Å². The monoisotopic (exact) mass is 461 g/mol. The molecular formula is C24H28ClNO4S. The maximum absolute atomic E-state index is 14.0. The summed E-state index contributed by atoms with van der Waals surface area (Å²) in [6.07, 6.45) is 1.74. The van der Waals surface area contributed by atoms with Gasteiger partial charge in [-0.2, -0.15) is 4.31 Å². The minimum absolute atomic E-state index is 0.203. The van der Waals surface area contributed by atoms with Crippen LogP contribution in [0.3, 0.4) is 0 Å². The first-order chi connectivity index (χ1) is 14.5. The molecule has 1 aliphatic rings. The van der Waals surface area contributed by atoms with Crippen molar-refractivity contribution in [2.75, 3.05) is 6.61 Å². The second-order valence-electron chi connectivity index (χ2n) is 8.71. The summed E-state index contributed by atoms with van der Waals surface area (Å²) in [6.45, 7) is 9.58. The average molecular weight is 462 g/mol. The van der Waals surface area contributed by atoms with Gasteiger partial charge in [0.15, 0.2) is 0 Å². The number of ether oxygens (including phenoxy) is 1. The molecule has 2 atom stereocenters. The lowest BCUT2D eigenvalue weighted by Crippen LogP contribution is -2.45. The molecule has 1 heterocycles. The van der Waals surface area contributed by atoms with Gasteiger partial charge in [0.1, 0.15) is 0 Å². The molecule has 7 heteroatoms. The van der Waals surface area contributed by atoms with E-state index in [1.165, 1.54) is 4.31 Å². The van der Waals surface area contributed by atoms with E-state index in [0.717, 1.165) is 0 Å². The van der Waals surface area contributed by atoms with E-state index in [4.69, 9.17) is 16.3 Å². The number of carbonyl (C=O) groups excluding carboxylic acids is 1. The van der Waals surface area contributed by atoms with Crippen LogP contribution in [-0.4, -0.2) is 31.3 Å². The molecule has 5 nitrogen and oxygen atoms in total. The predicted molar refractivity (Wildman–Crippen MR) is 122 cm³/mol. The summed E-state index contributed by atoms with van der Waals surface area (Å²) in [5.41, 5.74) is 1.16. The van der Waals surface area contributed by atoms with Crippen molar-refractivity contribution in [3.63, 3.8) is 0 Å². The Bertz CT molecular complexity index is 1100. The zero-order valence-electron chi connectivity index (χ0n) is 18.4. The summed E-state index contributed by atoms with van der Waals surface area (Å²) in [5, 5.41) is 0.532. The van der Waals surface area contributed by atoms with Crippen molar-refractivity contribution in [3.05, 3.63) is 76.3 Å². The van der Waals surface area contributed by atoms with Crippen molar-refractivity contribution >= 4 is 27.6 Å². The first-order valence-electron chi connectivity index (χ1n) is 10.2. The van der Waals surface area contributed by atoms with E-state index >= 15 is 0 Å². The average Bonchev–Trinajstić information content (AvgIpc) is 3.11. The van der Waals surface area contributed by atoms with Gasteiger partial charge >= 0.3 is 5.97 Å². The topological polar surface area (TPSA) is 63.7 Å². The molecule has 0 aliphatic carbocycles. The first-order valence-corrected chi connectivity index (χ1v) is 12.0. The zero-order chi connectivity index (χ0) is 23.0. The van der Waals surface area contributed by atoms with Crippen LogP contribution in [-0.2, 0) is 19.6 Å². The number of nitrogens with zero attached hydrogens (tertiary/aromatic N) is 1. The highest BCUT2D eigenvalue weighted by Crippen LogP contribution is 2.46. The Kier molecular flexibility index (Phi) is 6.65. The summed E-state index contributed by atoms with van der Waals surface area (Å²) in [5.74, 6) is -0.515. The maximum atomic E-state index is 14.0. The van der Waals surface area contributed by atoms with E-state index in [0.29, 0.717) is 21.7 Å². The van der Waals surface area contributed by atoms with Crippen LogP contribution in [0.2, 0.25) is 5.02 Å². The second-order valence-corrected chi connectivity index (χ2v) is 11.0. The van der Waals surface area contributed by atoms with Crippen LogP contribution in [0, 0.1) is 12.3 Å². The molecule has 0 amide bonds. The Balaban J connectivity index is 2.26. The van der Waals surface area contributed by atoms with E-state index in [1.54, 1.807) is 68.5 Å². The number of sulfonamides is 1. The largest absolute Gasteiger partial charge is 0.463 e. The summed E-state index contributed by atoms with van der Waals surface area (Å²) >= 11 is 6.07. The lowest BCUT2D eigenvalue weighted by molar-refractivity contribution is -0.138.